The Morgan fingerprint density at radius 1 is 1.06 bits per heavy atom. The van der Waals surface area contributed by atoms with Gasteiger partial charge in [-0.05, 0) is 62.0 Å². The lowest BCUT2D eigenvalue weighted by atomic mass is 9.92. The van der Waals surface area contributed by atoms with E-state index in [1.807, 2.05) is 6.07 Å². The molecule has 1 fully saturated rings. The van der Waals surface area contributed by atoms with Crippen LogP contribution < -0.4 is 9.47 Å². The van der Waals surface area contributed by atoms with E-state index in [0.29, 0.717) is 29.0 Å². The van der Waals surface area contributed by atoms with Crippen molar-refractivity contribution in [3.63, 3.8) is 0 Å². The van der Waals surface area contributed by atoms with Gasteiger partial charge in [0.1, 0.15) is 0 Å². The SMILES string of the molecule is COc1cc2c(cc1OC)C(=O)C(c1ccc(CCN3CCCCC3)cc1[N+](=O)[O-])C2. The van der Waals surface area contributed by atoms with Gasteiger partial charge in [-0.1, -0.05) is 18.6 Å². The second-order valence-electron chi connectivity index (χ2n) is 8.29. The molecular weight excluding hydrogens is 396 g/mol. The molecule has 0 amide bonds. The van der Waals surface area contributed by atoms with Gasteiger partial charge in [-0.2, -0.15) is 0 Å². The van der Waals surface area contributed by atoms with Crippen molar-refractivity contribution in [3.8, 4) is 11.5 Å². The number of nitrogens with zero attached hydrogens (tertiary/aromatic N) is 2. The topological polar surface area (TPSA) is 81.9 Å². The number of hydrogen-bond donors (Lipinski definition) is 0. The maximum absolute atomic E-state index is 13.1. The molecule has 1 aliphatic heterocycles. The maximum atomic E-state index is 13.1. The monoisotopic (exact) mass is 424 g/mol. The van der Waals surface area contributed by atoms with Crippen LogP contribution in [-0.4, -0.2) is 49.5 Å². The van der Waals surface area contributed by atoms with Crippen LogP contribution in [0.25, 0.3) is 0 Å². The summed E-state index contributed by atoms with van der Waals surface area (Å²) in [6, 6.07) is 8.83. The van der Waals surface area contributed by atoms with E-state index in [9.17, 15) is 14.9 Å². The Labute approximate surface area is 182 Å². The Hall–Kier alpha value is -2.93. The van der Waals surface area contributed by atoms with E-state index in [4.69, 9.17) is 9.47 Å². The Morgan fingerprint density at radius 3 is 2.45 bits per heavy atom. The number of ketones is 1. The molecule has 0 aromatic heterocycles. The molecule has 1 unspecified atom stereocenters. The van der Waals surface area contributed by atoms with Gasteiger partial charge < -0.3 is 14.4 Å². The highest BCUT2D eigenvalue weighted by Crippen LogP contribution is 2.42. The Morgan fingerprint density at radius 2 is 1.77 bits per heavy atom. The van der Waals surface area contributed by atoms with Crippen LogP contribution in [-0.2, 0) is 12.8 Å². The minimum Gasteiger partial charge on any atom is -0.493 e. The largest absolute Gasteiger partial charge is 0.493 e. The zero-order valence-electron chi connectivity index (χ0n) is 18.1. The lowest BCUT2D eigenvalue weighted by Gasteiger charge is -2.26. The number of hydrogen-bond acceptors (Lipinski definition) is 6. The highest BCUT2D eigenvalue weighted by molar-refractivity contribution is 6.06. The van der Waals surface area contributed by atoms with Crippen LogP contribution in [0.1, 0.15) is 52.2 Å². The number of rotatable bonds is 7. The number of benzene rings is 2. The summed E-state index contributed by atoms with van der Waals surface area (Å²) in [7, 11) is 3.07. The fourth-order valence-corrected chi connectivity index (χ4v) is 4.74. The molecule has 1 atom stereocenters. The zero-order chi connectivity index (χ0) is 22.0. The fraction of sp³-hybridized carbons (Fsp3) is 0.458. The number of fused-ring (bicyclic) bond motifs is 1. The first-order valence-electron chi connectivity index (χ1n) is 10.8. The van der Waals surface area contributed by atoms with E-state index >= 15 is 0 Å². The number of likely N-dealkylation sites (tertiary alicyclic amines) is 1. The fourth-order valence-electron chi connectivity index (χ4n) is 4.74. The molecule has 164 valence electrons. The molecule has 2 aromatic carbocycles. The quantitative estimate of drug-likeness (QED) is 0.490. The maximum Gasteiger partial charge on any atom is 0.273 e. The second kappa shape index (κ2) is 9.06. The number of nitro groups is 1. The van der Waals surface area contributed by atoms with Crippen molar-refractivity contribution in [2.45, 2.75) is 38.0 Å². The van der Waals surface area contributed by atoms with Crippen LogP contribution in [0.15, 0.2) is 30.3 Å². The van der Waals surface area contributed by atoms with Gasteiger partial charge in [0, 0.05) is 23.7 Å². The van der Waals surface area contributed by atoms with Crippen molar-refractivity contribution >= 4 is 11.5 Å². The third-order valence-electron chi connectivity index (χ3n) is 6.45. The van der Waals surface area contributed by atoms with E-state index in [0.717, 1.165) is 37.2 Å². The van der Waals surface area contributed by atoms with E-state index in [1.54, 1.807) is 31.4 Å². The smallest absolute Gasteiger partial charge is 0.273 e. The van der Waals surface area contributed by atoms with Crippen molar-refractivity contribution in [1.82, 2.24) is 4.90 Å². The summed E-state index contributed by atoms with van der Waals surface area (Å²) in [6.45, 7) is 3.10. The van der Waals surface area contributed by atoms with Crippen molar-refractivity contribution in [2.24, 2.45) is 0 Å². The lowest BCUT2D eigenvalue weighted by molar-refractivity contribution is -0.385. The van der Waals surface area contributed by atoms with Gasteiger partial charge in [-0.3, -0.25) is 14.9 Å². The number of nitro benzene ring substituents is 1. The van der Waals surface area contributed by atoms with Gasteiger partial charge in [0.2, 0.25) is 0 Å². The first-order chi connectivity index (χ1) is 15.0. The number of piperidine rings is 1. The summed E-state index contributed by atoms with van der Waals surface area (Å²) in [4.78, 5) is 27.0. The molecule has 2 aliphatic rings. The van der Waals surface area contributed by atoms with E-state index in [2.05, 4.69) is 4.90 Å². The third-order valence-corrected chi connectivity index (χ3v) is 6.45. The normalized spacial score (nSPS) is 18.6. The molecule has 0 N–H and O–H groups in total. The summed E-state index contributed by atoms with van der Waals surface area (Å²) >= 11 is 0. The predicted molar refractivity (Wildman–Crippen MR) is 117 cm³/mol. The van der Waals surface area contributed by atoms with E-state index < -0.39 is 5.92 Å². The summed E-state index contributed by atoms with van der Waals surface area (Å²) in [5.74, 6) is 0.360. The Bertz CT molecular complexity index is 998. The van der Waals surface area contributed by atoms with Gasteiger partial charge >= 0.3 is 0 Å². The van der Waals surface area contributed by atoms with Crippen LogP contribution in [0.2, 0.25) is 0 Å². The summed E-state index contributed by atoms with van der Waals surface area (Å²) in [6.07, 6.45) is 4.92. The molecular formula is C24H28N2O5. The Kier molecular flexibility index (Phi) is 6.23. The average Bonchev–Trinajstić information content (AvgIpc) is 3.12. The number of methoxy groups -OCH3 is 2. The molecule has 0 saturated carbocycles. The summed E-state index contributed by atoms with van der Waals surface area (Å²) in [5.41, 5.74) is 2.82. The number of ether oxygens (including phenoxy) is 2. The molecule has 0 bridgehead atoms. The van der Waals surface area contributed by atoms with Crippen molar-refractivity contribution in [1.29, 1.82) is 0 Å². The predicted octanol–water partition coefficient (Wildman–Crippen LogP) is 4.16. The molecule has 7 heteroatoms. The first-order valence-corrected chi connectivity index (χ1v) is 10.8. The standard InChI is InChI=1S/C24H28N2O5/c1-30-22-14-17-13-20(24(27)19(17)15-23(22)31-2)18-7-6-16(12-21(18)26(28)29)8-11-25-9-4-3-5-10-25/h6-7,12,14-15,20H,3-5,8-11,13H2,1-2H3. The molecule has 7 nitrogen and oxygen atoms in total. The van der Waals surface area contributed by atoms with Crippen molar-refractivity contribution < 1.29 is 19.2 Å². The molecule has 1 heterocycles. The molecule has 1 aliphatic carbocycles. The van der Waals surface area contributed by atoms with Gasteiger partial charge in [0.05, 0.1) is 25.1 Å². The molecule has 0 radical (unpaired) electrons. The van der Waals surface area contributed by atoms with Crippen LogP contribution in [0, 0.1) is 10.1 Å². The summed E-state index contributed by atoms with van der Waals surface area (Å²) < 4.78 is 10.7. The molecule has 4 rings (SSSR count). The first kappa shape index (κ1) is 21.3. The van der Waals surface area contributed by atoms with Crippen molar-refractivity contribution in [2.75, 3.05) is 33.9 Å². The number of carbonyl (C=O) groups excluding carboxylic acids is 1. The van der Waals surface area contributed by atoms with Gasteiger partial charge in [-0.15, -0.1) is 0 Å². The third kappa shape index (κ3) is 4.28. The molecule has 31 heavy (non-hydrogen) atoms. The van der Waals surface area contributed by atoms with Crippen LogP contribution in [0.3, 0.4) is 0 Å². The van der Waals surface area contributed by atoms with Crippen molar-refractivity contribution in [3.05, 3.63) is 62.7 Å². The molecule has 0 spiro atoms. The minimum atomic E-state index is -0.566. The van der Waals surface area contributed by atoms with Crippen LogP contribution in [0.5, 0.6) is 11.5 Å². The van der Waals surface area contributed by atoms with E-state index in [-0.39, 0.29) is 16.4 Å². The van der Waals surface area contributed by atoms with Gasteiger partial charge in [0.25, 0.3) is 5.69 Å². The van der Waals surface area contributed by atoms with E-state index in [1.165, 1.54) is 26.4 Å². The second-order valence-corrected chi connectivity index (χ2v) is 8.29. The van der Waals surface area contributed by atoms with Gasteiger partial charge in [-0.25, -0.2) is 0 Å². The van der Waals surface area contributed by atoms with Crippen LogP contribution in [0.4, 0.5) is 5.69 Å². The van der Waals surface area contributed by atoms with Crippen LogP contribution >= 0.6 is 0 Å². The zero-order valence-corrected chi connectivity index (χ0v) is 18.1. The molecule has 1 saturated heterocycles. The number of Topliss-reactive ketones (excluding diaryl/α,β-unsaturated/α-hetero) is 1. The van der Waals surface area contributed by atoms with Gasteiger partial charge in [0.15, 0.2) is 17.3 Å². The highest BCUT2D eigenvalue weighted by atomic mass is 16.6. The Balaban J connectivity index is 1.58. The molecule has 2 aromatic rings. The average molecular weight is 424 g/mol. The minimum absolute atomic E-state index is 0.0289. The lowest BCUT2D eigenvalue weighted by Crippen LogP contribution is -2.31. The number of carbonyl (C=O) groups is 1. The summed E-state index contributed by atoms with van der Waals surface area (Å²) in [5, 5.41) is 11.9. The highest BCUT2D eigenvalue weighted by Gasteiger charge is 2.37.